The molecule has 4 aromatic rings. The van der Waals surface area contributed by atoms with Gasteiger partial charge in [-0.1, -0.05) is 12.1 Å². The maximum atomic E-state index is 7.56. The smallest absolute Gasteiger partial charge is 0.165 e. The summed E-state index contributed by atoms with van der Waals surface area (Å²) >= 11 is 0. The van der Waals surface area contributed by atoms with Crippen LogP contribution in [0.3, 0.4) is 0 Å². The van der Waals surface area contributed by atoms with Crippen LogP contribution in [-0.4, -0.2) is 31.9 Å². The highest BCUT2D eigenvalue weighted by atomic mass is 15.1. The molecule has 144 valence electrons. The van der Waals surface area contributed by atoms with Gasteiger partial charge in [-0.2, -0.15) is 0 Å². The van der Waals surface area contributed by atoms with Crippen molar-refractivity contribution < 1.29 is 0 Å². The number of nitrogens with zero attached hydrogens (tertiary/aromatic N) is 4. The van der Waals surface area contributed by atoms with Crippen LogP contribution in [0.1, 0.15) is 17.2 Å². The van der Waals surface area contributed by atoms with E-state index in [9.17, 15) is 0 Å². The molecule has 0 saturated heterocycles. The Morgan fingerprint density at radius 3 is 2.41 bits per heavy atom. The third-order valence-electron chi connectivity index (χ3n) is 4.74. The minimum atomic E-state index is -0.491. The van der Waals surface area contributed by atoms with E-state index < -0.39 is 5.92 Å². The zero-order valence-corrected chi connectivity index (χ0v) is 15.6. The molecule has 0 amide bonds. The van der Waals surface area contributed by atoms with Gasteiger partial charge in [-0.05, 0) is 42.0 Å². The molecule has 0 radical (unpaired) electrons. The van der Waals surface area contributed by atoms with Crippen LogP contribution >= 0.6 is 0 Å². The highest BCUT2D eigenvalue weighted by Gasteiger charge is 2.19. The second-order valence-corrected chi connectivity index (χ2v) is 6.52. The van der Waals surface area contributed by atoms with Crippen molar-refractivity contribution in [1.29, 1.82) is 10.8 Å². The lowest BCUT2D eigenvalue weighted by Gasteiger charge is -2.11. The molecule has 1 aromatic carbocycles. The monoisotopic (exact) mass is 384 g/mol. The number of hydrogen-bond donors (Lipinski definition) is 4. The van der Waals surface area contributed by atoms with Crippen molar-refractivity contribution in [1.82, 2.24) is 19.5 Å². The Bertz CT molecular complexity index is 1190. The molecule has 0 atom stereocenters. The van der Waals surface area contributed by atoms with Crippen molar-refractivity contribution in [2.75, 3.05) is 5.73 Å². The van der Waals surface area contributed by atoms with Crippen LogP contribution in [0.15, 0.2) is 54.7 Å². The average Bonchev–Trinajstić information content (AvgIpc) is 3.13. The summed E-state index contributed by atoms with van der Waals surface area (Å²) in [6.45, 7) is 0.454. The van der Waals surface area contributed by atoms with Crippen LogP contribution in [0, 0.1) is 10.8 Å². The van der Waals surface area contributed by atoms with Crippen LogP contribution in [-0.2, 0) is 6.54 Å². The summed E-state index contributed by atoms with van der Waals surface area (Å²) < 4.78 is 1.91. The predicted octanol–water partition coefficient (Wildman–Crippen LogP) is 2.91. The Balaban J connectivity index is 2.02. The van der Waals surface area contributed by atoms with Gasteiger partial charge in [-0.25, -0.2) is 15.0 Å². The summed E-state index contributed by atoms with van der Waals surface area (Å²) in [4.78, 5) is 13.7. The van der Waals surface area contributed by atoms with Crippen molar-refractivity contribution >= 4 is 29.4 Å². The first kappa shape index (κ1) is 18.5. The Hall–Kier alpha value is -3.91. The quantitative estimate of drug-likeness (QED) is 0.378. The van der Waals surface area contributed by atoms with Crippen molar-refractivity contribution in [2.45, 2.75) is 12.5 Å². The SMILES string of the molecule is N=CC(C=N)c1ccc2nc(-c3cccnc3N)n(-c3ccc(CN)cc3)c2n1. The number of anilines is 1. The van der Waals surface area contributed by atoms with E-state index in [0.717, 1.165) is 11.3 Å². The average molecular weight is 384 g/mol. The summed E-state index contributed by atoms with van der Waals surface area (Å²) in [6.07, 6.45) is 4.02. The van der Waals surface area contributed by atoms with Crippen molar-refractivity contribution in [3.8, 4) is 17.1 Å². The summed E-state index contributed by atoms with van der Waals surface area (Å²) in [5.74, 6) is 0.506. The fraction of sp³-hybridized carbons (Fsp3) is 0.0952. The molecule has 4 rings (SSSR count). The fourth-order valence-corrected chi connectivity index (χ4v) is 3.19. The highest BCUT2D eigenvalue weighted by Crippen LogP contribution is 2.31. The van der Waals surface area contributed by atoms with Gasteiger partial charge >= 0.3 is 0 Å². The molecule has 0 aliphatic carbocycles. The molecular weight excluding hydrogens is 364 g/mol. The number of nitrogen functional groups attached to an aromatic ring is 1. The first-order valence-corrected chi connectivity index (χ1v) is 9.07. The molecule has 0 spiro atoms. The fourth-order valence-electron chi connectivity index (χ4n) is 3.19. The van der Waals surface area contributed by atoms with Gasteiger partial charge in [0.2, 0.25) is 0 Å². The van der Waals surface area contributed by atoms with Gasteiger partial charge in [0, 0.05) is 30.9 Å². The van der Waals surface area contributed by atoms with E-state index in [1.165, 1.54) is 12.4 Å². The van der Waals surface area contributed by atoms with Crippen LogP contribution in [0.25, 0.3) is 28.2 Å². The Labute approximate surface area is 167 Å². The number of nitrogens with two attached hydrogens (primary N) is 2. The molecule has 8 heteroatoms. The molecule has 29 heavy (non-hydrogen) atoms. The van der Waals surface area contributed by atoms with Crippen LogP contribution in [0.2, 0.25) is 0 Å². The van der Waals surface area contributed by atoms with Crippen molar-refractivity contribution in [3.63, 3.8) is 0 Å². The maximum absolute atomic E-state index is 7.56. The molecule has 0 fully saturated rings. The van der Waals surface area contributed by atoms with E-state index in [0.29, 0.717) is 40.6 Å². The number of nitrogens with one attached hydrogen (secondary N) is 2. The summed E-state index contributed by atoms with van der Waals surface area (Å²) in [7, 11) is 0. The maximum Gasteiger partial charge on any atom is 0.165 e. The number of fused-ring (bicyclic) bond motifs is 1. The molecular formula is C21H20N8. The molecule has 3 heterocycles. The van der Waals surface area contributed by atoms with Gasteiger partial charge in [0.15, 0.2) is 11.5 Å². The Morgan fingerprint density at radius 2 is 1.76 bits per heavy atom. The zero-order chi connectivity index (χ0) is 20.4. The molecule has 3 aromatic heterocycles. The molecule has 0 bridgehead atoms. The van der Waals surface area contributed by atoms with E-state index in [2.05, 4.69) is 4.98 Å². The van der Waals surface area contributed by atoms with E-state index in [-0.39, 0.29) is 0 Å². The number of hydrogen-bond acceptors (Lipinski definition) is 7. The van der Waals surface area contributed by atoms with E-state index in [1.54, 1.807) is 12.3 Å². The first-order chi connectivity index (χ1) is 14.2. The Morgan fingerprint density at radius 1 is 1.00 bits per heavy atom. The van der Waals surface area contributed by atoms with Gasteiger partial charge < -0.3 is 22.3 Å². The number of imidazole rings is 1. The van der Waals surface area contributed by atoms with Gasteiger partial charge in [0.25, 0.3) is 0 Å². The summed E-state index contributed by atoms with van der Waals surface area (Å²) in [5, 5.41) is 15.1. The lowest BCUT2D eigenvalue weighted by Crippen LogP contribution is -2.06. The van der Waals surface area contributed by atoms with E-state index >= 15 is 0 Å². The normalized spacial score (nSPS) is 12.0. The summed E-state index contributed by atoms with van der Waals surface area (Å²) in [6, 6.07) is 15.1. The van der Waals surface area contributed by atoms with Crippen molar-refractivity contribution in [3.05, 3.63) is 66.0 Å². The number of benzene rings is 1. The Kier molecular flexibility index (Phi) is 4.84. The first-order valence-electron chi connectivity index (χ1n) is 9.07. The lowest BCUT2D eigenvalue weighted by molar-refractivity contribution is 1.03. The zero-order valence-electron chi connectivity index (χ0n) is 15.6. The van der Waals surface area contributed by atoms with Gasteiger partial charge in [-0.15, -0.1) is 0 Å². The molecule has 6 N–H and O–H groups in total. The molecule has 8 nitrogen and oxygen atoms in total. The van der Waals surface area contributed by atoms with Crippen molar-refractivity contribution in [2.24, 2.45) is 5.73 Å². The molecule has 0 aliphatic heterocycles. The third kappa shape index (κ3) is 3.26. The van der Waals surface area contributed by atoms with Gasteiger partial charge in [-0.3, -0.25) is 4.57 Å². The minimum Gasteiger partial charge on any atom is -0.383 e. The minimum absolute atomic E-state index is 0.375. The highest BCUT2D eigenvalue weighted by molar-refractivity contribution is 5.88. The second kappa shape index (κ2) is 7.61. The summed E-state index contributed by atoms with van der Waals surface area (Å²) in [5.41, 5.74) is 16.3. The van der Waals surface area contributed by atoms with Gasteiger partial charge in [0.1, 0.15) is 11.3 Å². The van der Waals surface area contributed by atoms with E-state index in [4.69, 9.17) is 32.3 Å². The largest absolute Gasteiger partial charge is 0.383 e. The third-order valence-corrected chi connectivity index (χ3v) is 4.74. The topological polar surface area (TPSA) is 143 Å². The van der Waals surface area contributed by atoms with Gasteiger partial charge in [0.05, 0.1) is 17.2 Å². The van der Waals surface area contributed by atoms with Crippen LogP contribution in [0.4, 0.5) is 5.82 Å². The van der Waals surface area contributed by atoms with Crippen LogP contribution < -0.4 is 11.5 Å². The molecule has 0 unspecified atom stereocenters. The number of rotatable bonds is 6. The standard InChI is InChI=1S/C21H20N8/c22-10-13-3-5-15(6-4-13)29-20(16-2-1-9-26-19(16)25)28-18-8-7-17(27-21(18)29)14(11-23)12-24/h1-9,11-12,14,23-24H,10,22H2,(H2,25,26). The molecule has 0 aliphatic rings. The number of pyridine rings is 2. The molecule has 0 saturated carbocycles. The number of aromatic nitrogens is 4. The van der Waals surface area contributed by atoms with Crippen LogP contribution in [0.5, 0.6) is 0 Å². The second-order valence-electron chi connectivity index (χ2n) is 6.52. The predicted molar refractivity (Wildman–Crippen MR) is 115 cm³/mol. The van der Waals surface area contributed by atoms with E-state index in [1.807, 2.05) is 47.0 Å². The lowest BCUT2D eigenvalue weighted by atomic mass is 10.1.